The third-order valence-corrected chi connectivity index (χ3v) is 4.78. The van der Waals surface area contributed by atoms with Crippen LogP contribution >= 0.6 is 11.3 Å². The maximum atomic E-state index is 12.7. The fourth-order valence-corrected chi connectivity index (χ4v) is 3.42. The van der Waals surface area contributed by atoms with Crippen LogP contribution in [0.2, 0.25) is 0 Å². The molecule has 2 aromatic rings. The molecule has 0 aliphatic carbocycles. The Balaban J connectivity index is 1.90. The van der Waals surface area contributed by atoms with Crippen LogP contribution in [0.1, 0.15) is 21.1 Å². The third-order valence-electron chi connectivity index (χ3n) is 3.62. The van der Waals surface area contributed by atoms with Gasteiger partial charge in [0.2, 0.25) is 0 Å². The molecule has 23 heavy (non-hydrogen) atoms. The number of carbonyl (C=O) groups excluding carboxylic acids is 1. The van der Waals surface area contributed by atoms with Crippen molar-refractivity contribution in [1.29, 1.82) is 0 Å². The number of ether oxygens (including phenoxy) is 1. The summed E-state index contributed by atoms with van der Waals surface area (Å²) < 4.78 is 10.7. The zero-order valence-electron chi connectivity index (χ0n) is 12.7. The first kappa shape index (κ1) is 15.7. The zero-order chi connectivity index (χ0) is 16.6. The molecule has 8 heteroatoms. The number of aromatic nitrogens is 1. The molecule has 0 aromatic carbocycles. The van der Waals surface area contributed by atoms with Crippen LogP contribution < -0.4 is 0 Å². The molecule has 1 saturated heterocycles. The molecule has 3 rings (SSSR count). The lowest BCUT2D eigenvalue weighted by atomic mass is 10.2. The van der Waals surface area contributed by atoms with Crippen molar-refractivity contribution in [1.82, 2.24) is 9.88 Å². The van der Waals surface area contributed by atoms with Crippen molar-refractivity contribution in [3.05, 3.63) is 28.5 Å². The average molecular weight is 336 g/mol. The van der Waals surface area contributed by atoms with Gasteiger partial charge in [-0.1, -0.05) is 0 Å². The minimum Gasteiger partial charge on any atom is -0.480 e. The second kappa shape index (κ2) is 6.13. The van der Waals surface area contributed by atoms with Crippen LogP contribution in [0.25, 0.3) is 10.8 Å². The number of furan rings is 1. The number of carbonyl (C=O) groups is 2. The van der Waals surface area contributed by atoms with E-state index in [0.717, 1.165) is 5.76 Å². The van der Waals surface area contributed by atoms with Gasteiger partial charge in [-0.2, -0.15) is 0 Å². The van der Waals surface area contributed by atoms with E-state index in [-0.39, 0.29) is 19.1 Å². The van der Waals surface area contributed by atoms with Crippen LogP contribution in [-0.4, -0.2) is 52.7 Å². The molecular weight excluding hydrogens is 320 g/mol. The Kier molecular flexibility index (Phi) is 4.18. The summed E-state index contributed by atoms with van der Waals surface area (Å²) in [5.41, 5.74) is 0.569. The number of thiazole rings is 1. The Morgan fingerprint density at radius 3 is 2.83 bits per heavy atom. The van der Waals surface area contributed by atoms with E-state index in [1.807, 2.05) is 13.0 Å². The topological polar surface area (TPSA) is 92.9 Å². The van der Waals surface area contributed by atoms with E-state index in [1.165, 1.54) is 16.2 Å². The Bertz CT molecular complexity index is 751. The number of morpholine rings is 1. The van der Waals surface area contributed by atoms with Gasteiger partial charge in [0, 0.05) is 6.54 Å². The number of rotatable bonds is 3. The fourth-order valence-electron chi connectivity index (χ4n) is 2.43. The molecule has 1 atom stereocenters. The summed E-state index contributed by atoms with van der Waals surface area (Å²) in [7, 11) is 0. The van der Waals surface area contributed by atoms with Crippen molar-refractivity contribution >= 4 is 23.2 Å². The van der Waals surface area contributed by atoms with Crippen LogP contribution in [0.5, 0.6) is 0 Å². The summed E-state index contributed by atoms with van der Waals surface area (Å²) in [5.74, 6) is -0.0291. The quantitative estimate of drug-likeness (QED) is 0.921. The summed E-state index contributed by atoms with van der Waals surface area (Å²) >= 11 is 1.21. The molecule has 2 aromatic heterocycles. The smallest absolute Gasteiger partial charge is 0.328 e. The fraction of sp³-hybridized carbons (Fsp3) is 0.400. The van der Waals surface area contributed by atoms with Crippen molar-refractivity contribution < 1.29 is 23.8 Å². The molecule has 0 saturated carbocycles. The van der Waals surface area contributed by atoms with Gasteiger partial charge in [-0.25, -0.2) is 9.78 Å². The second-order valence-electron chi connectivity index (χ2n) is 5.27. The number of aryl methyl sites for hydroxylation is 2. The van der Waals surface area contributed by atoms with Gasteiger partial charge in [-0.15, -0.1) is 11.3 Å². The van der Waals surface area contributed by atoms with E-state index in [4.69, 9.17) is 9.15 Å². The molecule has 3 heterocycles. The molecule has 0 spiro atoms. The Morgan fingerprint density at radius 2 is 2.17 bits per heavy atom. The second-order valence-corrected chi connectivity index (χ2v) is 6.27. The van der Waals surface area contributed by atoms with Crippen molar-refractivity contribution in [2.45, 2.75) is 19.9 Å². The Hall–Kier alpha value is -2.19. The monoisotopic (exact) mass is 336 g/mol. The van der Waals surface area contributed by atoms with Crippen LogP contribution in [0.15, 0.2) is 16.5 Å². The number of carboxylic acid groups (broad SMARTS) is 1. The number of hydrogen-bond donors (Lipinski definition) is 1. The number of nitrogens with zero attached hydrogens (tertiary/aromatic N) is 2. The van der Waals surface area contributed by atoms with Crippen LogP contribution in [0.3, 0.4) is 0 Å². The van der Waals surface area contributed by atoms with E-state index in [2.05, 4.69) is 4.98 Å². The van der Waals surface area contributed by atoms with E-state index < -0.39 is 12.0 Å². The molecule has 1 aliphatic rings. The lowest BCUT2D eigenvalue weighted by Gasteiger charge is -2.32. The van der Waals surface area contributed by atoms with Gasteiger partial charge in [0.15, 0.2) is 16.8 Å². The molecule has 0 unspecified atom stereocenters. The minimum absolute atomic E-state index is 0.00314. The van der Waals surface area contributed by atoms with Gasteiger partial charge >= 0.3 is 5.97 Å². The standard InChI is InChI=1S/C15H16N2O5S/c1-8-3-4-11(22-8)13-16-9(2)12(23-13)14(18)17-5-6-21-7-10(17)15(19)20/h3-4,10H,5-7H2,1-2H3,(H,19,20)/t10-/m0/s1. The van der Waals surface area contributed by atoms with Crippen molar-refractivity contribution in [2.24, 2.45) is 0 Å². The van der Waals surface area contributed by atoms with Crippen LogP contribution in [0.4, 0.5) is 0 Å². The molecule has 0 bridgehead atoms. The normalized spacial score (nSPS) is 18.2. The van der Waals surface area contributed by atoms with Gasteiger partial charge in [0.25, 0.3) is 5.91 Å². The summed E-state index contributed by atoms with van der Waals surface area (Å²) in [5, 5.41) is 9.87. The van der Waals surface area contributed by atoms with Gasteiger partial charge in [-0.3, -0.25) is 4.79 Å². The first-order valence-corrected chi connectivity index (χ1v) is 7.95. The lowest BCUT2D eigenvalue weighted by molar-refractivity contribution is -0.147. The number of carboxylic acids is 1. The molecule has 1 fully saturated rings. The van der Waals surface area contributed by atoms with Gasteiger partial charge in [0.1, 0.15) is 10.6 Å². The zero-order valence-corrected chi connectivity index (χ0v) is 13.6. The maximum Gasteiger partial charge on any atom is 0.328 e. The molecule has 1 amide bonds. The van der Waals surface area contributed by atoms with Gasteiger partial charge in [-0.05, 0) is 26.0 Å². The summed E-state index contributed by atoms with van der Waals surface area (Å²) in [6.07, 6.45) is 0. The molecule has 1 aliphatic heterocycles. The Labute approximate surface area is 136 Å². The third kappa shape index (κ3) is 2.99. The number of aliphatic carboxylic acids is 1. The summed E-state index contributed by atoms with van der Waals surface area (Å²) in [4.78, 5) is 30.2. The van der Waals surface area contributed by atoms with Crippen molar-refractivity contribution in [3.63, 3.8) is 0 Å². The van der Waals surface area contributed by atoms with E-state index in [1.54, 1.807) is 13.0 Å². The predicted molar refractivity (Wildman–Crippen MR) is 82.6 cm³/mol. The Morgan fingerprint density at radius 1 is 1.39 bits per heavy atom. The minimum atomic E-state index is -1.07. The van der Waals surface area contributed by atoms with Gasteiger partial charge < -0.3 is 19.2 Å². The lowest BCUT2D eigenvalue weighted by Crippen LogP contribution is -2.52. The highest BCUT2D eigenvalue weighted by molar-refractivity contribution is 7.17. The average Bonchev–Trinajstić information content (AvgIpc) is 3.12. The van der Waals surface area contributed by atoms with Crippen LogP contribution in [0, 0.1) is 13.8 Å². The van der Waals surface area contributed by atoms with Gasteiger partial charge in [0.05, 0.1) is 18.9 Å². The van der Waals surface area contributed by atoms with E-state index in [9.17, 15) is 14.7 Å². The largest absolute Gasteiger partial charge is 0.480 e. The first-order valence-electron chi connectivity index (χ1n) is 7.13. The maximum absolute atomic E-state index is 12.7. The summed E-state index contributed by atoms with van der Waals surface area (Å²) in [6.45, 7) is 4.16. The predicted octanol–water partition coefficient (Wildman–Crippen LogP) is 1.95. The van der Waals surface area contributed by atoms with Crippen molar-refractivity contribution in [2.75, 3.05) is 19.8 Å². The molecule has 122 valence electrons. The number of hydrogen-bond acceptors (Lipinski definition) is 6. The molecule has 7 nitrogen and oxygen atoms in total. The molecular formula is C15H16N2O5S. The highest BCUT2D eigenvalue weighted by Gasteiger charge is 2.35. The summed E-state index contributed by atoms with van der Waals surface area (Å²) in [6, 6.07) is 2.67. The molecule has 0 radical (unpaired) electrons. The highest BCUT2D eigenvalue weighted by atomic mass is 32.1. The highest BCUT2D eigenvalue weighted by Crippen LogP contribution is 2.30. The van der Waals surface area contributed by atoms with E-state index in [0.29, 0.717) is 27.9 Å². The SMILES string of the molecule is Cc1ccc(-c2nc(C)c(C(=O)N3CCOC[C@H]3C(=O)O)s2)o1. The molecule has 1 N–H and O–H groups in total. The van der Waals surface area contributed by atoms with Crippen LogP contribution in [-0.2, 0) is 9.53 Å². The first-order chi connectivity index (χ1) is 11.0. The van der Waals surface area contributed by atoms with E-state index >= 15 is 0 Å². The number of amides is 1. The van der Waals surface area contributed by atoms with Crippen molar-refractivity contribution in [3.8, 4) is 10.8 Å².